The van der Waals surface area contributed by atoms with Crippen molar-refractivity contribution in [2.45, 2.75) is 31.1 Å². The summed E-state index contributed by atoms with van der Waals surface area (Å²) in [5, 5.41) is 10.9. The van der Waals surface area contributed by atoms with Crippen LogP contribution in [0.5, 0.6) is 0 Å². The molecule has 0 fully saturated rings. The zero-order valence-corrected chi connectivity index (χ0v) is 11.7. The summed E-state index contributed by atoms with van der Waals surface area (Å²) in [6, 6.07) is 10.3. The number of aromatic nitrogens is 2. The second-order valence-electron chi connectivity index (χ2n) is 4.79. The third-order valence-electron chi connectivity index (χ3n) is 2.75. The van der Waals surface area contributed by atoms with Crippen LogP contribution in [-0.4, -0.2) is 20.9 Å². The molecule has 96 valence electrons. The van der Waals surface area contributed by atoms with Gasteiger partial charge in [0.1, 0.15) is 5.60 Å². The van der Waals surface area contributed by atoms with Gasteiger partial charge in [-0.25, -0.2) is 4.98 Å². The van der Waals surface area contributed by atoms with Crippen LogP contribution in [0.1, 0.15) is 25.1 Å². The van der Waals surface area contributed by atoms with Gasteiger partial charge in [-0.05, 0) is 25.7 Å². The zero-order chi connectivity index (χ0) is 13.2. The standard InChI is InChI=1S/C14H18N2OS/c1-14(2,17)12-10-16(13(15-12)18-3)9-11-7-5-4-6-8-11/h4-8,10,17H,9H2,1-3H3. The Hall–Kier alpha value is -1.26. The lowest BCUT2D eigenvalue weighted by molar-refractivity contribution is 0.0739. The first-order valence-corrected chi connectivity index (χ1v) is 7.11. The van der Waals surface area contributed by atoms with E-state index in [2.05, 4.69) is 21.7 Å². The Kier molecular flexibility index (Phi) is 3.78. The van der Waals surface area contributed by atoms with E-state index in [1.54, 1.807) is 25.6 Å². The summed E-state index contributed by atoms with van der Waals surface area (Å²) in [5.74, 6) is 0. The van der Waals surface area contributed by atoms with Gasteiger partial charge >= 0.3 is 0 Å². The summed E-state index contributed by atoms with van der Waals surface area (Å²) in [6.07, 6.45) is 3.93. The number of aliphatic hydroxyl groups is 1. The SMILES string of the molecule is CSc1nc(C(C)(C)O)cn1Cc1ccccc1. The molecular formula is C14H18N2OS. The molecule has 0 unspecified atom stereocenters. The van der Waals surface area contributed by atoms with Crippen LogP contribution in [0.15, 0.2) is 41.7 Å². The zero-order valence-electron chi connectivity index (χ0n) is 10.9. The summed E-state index contributed by atoms with van der Waals surface area (Å²) in [4.78, 5) is 4.47. The van der Waals surface area contributed by atoms with Crippen molar-refractivity contribution in [3.8, 4) is 0 Å². The molecule has 2 aromatic rings. The van der Waals surface area contributed by atoms with E-state index in [1.165, 1.54) is 5.56 Å². The monoisotopic (exact) mass is 262 g/mol. The fourth-order valence-electron chi connectivity index (χ4n) is 1.75. The van der Waals surface area contributed by atoms with Crippen LogP contribution in [0.2, 0.25) is 0 Å². The molecule has 0 radical (unpaired) electrons. The van der Waals surface area contributed by atoms with Gasteiger partial charge in [0.25, 0.3) is 0 Å². The molecule has 18 heavy (non-hydrogen) atoms. The van der Waals surface area contributed by atoms with Crippen molar-refractivity contribution >= 4 is 11.8 Å². The van der Waals surface area contributed by atoms with E-state index in [1.807, 2.05) is 30.7 Å². The molecule has 1 aromatic heterocycles. The largest absolute Gasteiger partial charge is 0.384 e. The molecule has 1 aromatic carbocycles. The van der Waals surface area contributed by atoms with Crippen LogP contribution < -0.4 is 0 Å². The Morgan fingerprint density at radius 1 is 1.28 bits per heavy atom. The first-order valence-electron chi connectivity index (χ1n) is 5.88. The van der Waals surface area contributed by atoms with Gasteiger partial charge in [-0.15, -0.1) is 0 Å². The molecule has 1 heterocycles. The van der Waals surface area contributed by atoms with E-state index in [0.29, 0.717) is 5.69 Å². The molecule has 0 saturated carbocycles. The quantitative estimate of drug-likeness (QED) is 0.861. The maximum atomic E-state index is 10.0. The van der Waals surface area contributed by atoms with E-state index in [0.717, 1.165) is 11.7 Å². The van der Waals surface area contributed by atoms with E-state index >= 15 is 0 Å². The second kappa shape index (κ2) is 5.16. The van der Waals surface area contributed by atoms with Gasteiger partial charge in [-0.1, -0.05) is 42.1 Å². The predicted molar refractivity (Wildman–Crippen MR) is 74.8 cm³/mol. The van der Waals surface area contributed by atoms with Gasteiger partial charge in [0.15, 0.2) is 5.16 Å². The summed E-state index contributed by atoms with van der Waals surface area (Å²) in [5.41, 5.74) is 1.04. The lowest BCUT2D eigenvalue weighted by Gasteiger charge is -2.12. The lowest BCUT2D eigenvalue weighted by Crippen LogP contribution is -2.15. The number of benzene rings is 1. The minimum absolute atomic E-state index is 0.711. The maximum Gasteiger partial charge on any atom is 0.168 e. The molecule has 0 aliphatic carbocycles. The molecule has 4 heteroatoms. The predicted octanol–water partition coefficient (Wildman–Crippen LogP) is 2.88. The Labute approximate surface area is 112 Å². The van der Waals surface area contributed by atoms with E-state index in [-0.39, 0.29) is 0 Å². The highest BCUT2D eigenvalue weighted by molar-refractivity contribution is 7.98. The van der Waals surface area contributed by atoms with Crippen molar-refractivity contribution < 1.29 is 5.11 Å². The highest BCUT2D eigenvalue weighted by Crippen LogP contribution is 2.23. The molecule has 2 rings (SSSR count). The summed E-state index contributed by atoms with van der Waals surface area (Å²) < 4.78 is 2.08. The van der Waals surface area contributed by atoms with Crippen LogP contribution >= 0.6 is 11.8 Å². The van der Waals surface area contributed by atoms with Gasteiger partial charge in [-0.2, -0.15) is 0 Å². The molecule has 0 amide bonds. The van der Waals surface area contributed by atoms with Crippen LogP contribution in [0.3, 0.4) is 0 Å². The summed E-state index contributed by atoms with van der Waals surface area (Å²) in [7, 11) is 0. The third-order valence-corrected chi connectivity index (χ3v) is 3.44. The molecule has 3 nitrogen and oxygen atoms in total. The molecule has 0 spiro atoms. The first kappa shape index (κ1) is 13.2. The molecular weight excluding hydrogens is 244 g/mol. The van der Waals surface area contributed by atoms with Crippen LogP contribution in [0.4, 0.5) is 0 Å². The Bertz CT molecular complexity index is 514. The number of nitrogens with zero attached hydrogens (tertiary/aromatic N) is 2. The summed E-state index contributed by atoms with van der Waals surface area (Å²) in [6.45, 7) is 4.29. The molecule has 0 aliphatic heterocycles. The van der Waals surface area contributed by atoms with E-state index in [4.69, 9.17) is 0 Å². The Morgan fingerprint density at radius 2 is 1.94 bits per heavy atom. The maximum absolute atomic E-state index is 10.0. The van der Waals surface area contributed by atoms with E-state index in [9.17, 15) is 5.11 Å². The van der Waals surface area contributed by atoms with Gasteiger partial charge in [0.2, 0.25) is 0 Å². The van der Waals surface area contributed by atoms with Crippen molar-refractivity contribution in [1.29, 1.82) is 0 Å². The van der Waals surface area contributed by atoms with Crippen molar-refractivity contribution in [1.82, 2.24) is 9.55 Å². The molecule has 1 N–H and O–H groups in total. The number of rotatable bonds is 4. The van der Waals surface area contributed by atoms with Crippen LogP contribution in [0, 0.1) is 0 Å². The minimum Gasteiger partial charge on any atom is -0.384 e. The number of hydrogen-bond acceptors (Lipinski definition) is 3. The lowest BCUT2D eigenvalue weighted by atomic mass is 10.1. The smallest absolute Gasteiger partial charge is 0.168 e. The third kappa shape index (κ3) is 2.94. The molecule has 0 saturated heterocycles. The number of imidazole rings is 1. The molecule has 0 atom stereocenters. The van der Waals surface area contributed by atoms with Crippen LogP contribution in [0.25, 0.3) is 0 Å². The van der Waals surface area contributed by atoms with Crippen molar-refractivity contribution in [2.75, 3.05) is 6.26 Å². The first-order chi connectivity index (χ1) is 8.50. The molecule has 0 bridgehead atoms. The van der Waals surface area contributed by atoms with Gasteiger partial charge in [0, 0.05) is 12.7 Å². The fraction of sp³-hybridized carbons (Fsp3) is 0.357. The van der Waals surface area contributed by atoms with Gasteiger partial charge in [-0.3, -0.25) is 0 Å². The minimum atomic E-state index is -0.896. The Morgan fingerprint density at radius 3 is 2.50 bits per heavy atom. The van der Waals surface area contributed by atoms with Crippen molar-refractivity contribution in [3.05, 3.63) is 47.8 Å². The topological polar surface area (TPSA) is 38.1 Å². The Balaban J connectivity index is 2.30. The highest BCUT2D eigenvalue weighted by Gasteiger charge is 2.21. The number of thioether (sulfide) groups is 1. The fourth-order valence-corrected chi connectivity index (χ4v) is 2.29. The molecule has 0 aliphatic rings. The number of hydrogen-bond donors (Lipinski definition) is 1. The highest BCUT2D eigenvalue weighted by atomic mass is 32.2. The average molecular weight is 262 g/mol. The average Bonchev–Trinajstić information content (AvgIpc) is 2.73. The van der Waals surface area contributed by atoms with E-state index < -0.39 is 5.60 Å². The van der Waals surface area contributed by atoms with Crippen LogP contribution in [-0.2, 0) is 12.1 Å². The second-order valence-corrected chi connectivity index (χ2v) is 5.56. The normalized spacial score (nSPS) is 11.8. The summed E-state index contributed by atoms with van der Waals surface area (Å²) >= 11 is 1.59. The van der Waals surface area contributed by atoms with Gasteiger partial charge < -0.3 is 9.67 Å². The van der Waals surface area contributed by atoms with Crippen molar-refractivity contribution in [2.24, 2.45) is 0 Å². The van der Waals surface area contributed by atoms with Gasteiger partial charge in [0.05, 0.1) is 5.69 Å². The van der Waals surface area contributed by atoms with Crippen molar-refractivity contribution in [3.63, 3.8) is 0 Å².